The van der Waals surface area contributed by atoms with Crippen LogP contribution in [-0.2, 0) is 10.9 Å². The van der Waals surface area contributed by atoms with Crippen LogP contribution in [0.4, 0.5) is 13.2 Å². The second-order valence-corrected chi connectivity index (χ2v) is 10.2. The van der Waals surface area contributed by atoms with E-state index >= 15 is 0 Å². The van der Waals surface area contributed by atoms with Gasteiger partial charge in [-0.2, -0.15) is 17.8 Å². The Labute approximate surface area is 165 Å². The number of alkyl halides is 3. The summed E-state index contributed by atoms with van der Waals surface area (Å²) in [6, 6.07) is 3.87. The van der Waals surface area contributed by atoms with Crippen molar-refractivity contribution in [1.29, 1.82) is 0 Å². The standard InChI is InChI=1S/C21H23F3NO4/c1-27-10-28-15-4-11(21(22,23)24)2-3-14(15)29-16-7-18(16)8-19-5-12(19)17-13-6-20(13,9-18)25(17,19)26/h2-4,12-13,16-17,26H,5-10H2,1H3/q+1. The molecule has 6 aliphatic rings. The zero-order valence-electron chi connectivity index (χ0n) is 16.0. The van der Waals surface area contributed by atoms with Gasteiger partial charge in [0.2, 0.25) is 0 Å². The van der Waals surface area contributed by atoms with Gasteiger partial charge in [-0.05, 0) is 24.6 Å². The lowest BCUT2D eigenvalue weighted by Crippen LogP contribution is -2.87. The molecule has 5 nitrogen and oxygen atoms in total. The van der Waals surface area contributed by atoms with Gasteiger partial charge in [-0.15, -0.1) is 0 Å². The molecule has 0 amide bonds. The van der Waals surface area contributed by atoms with Gasteiger partial charge in [-0.3, -0.25) is 0 Å². The number of rotatable bonds is 5. The van der Waals surface area contributed by atoms with Crippen molar-refractivity contribution < 1.29 is 37.2 Å². The van der Waals surface area contributed by atoms with Crippen LogP contribution in [0, 0.1) is 17.3 Å². The number of ether oxygens (including phenoxy) is 3. The van der Waals surface area contributed by atoms with Crippen LogP contribution in [0.3, 0.4) is 0 Å². The number of hydroxylamine groups is 3. The molecule has 0 aromatic heterocycles. The molecule has 7 rings (SSSR count). The third kappa shape index (κ3) is 1.71. The average Bonchev–Trinajstić information content (AvgIpc) is 3.59. The maximum Gasteiger partial charge on any atom is 0.416 e. The Bertz CT molecular complexity index is 922. The summed E-state index contributed by atoms with van der Waals surface area (Å²) < 4.78 is 56.1. The normalized spacial score (nSPS) is 51.8. The number of nitrogens with zero attached hydrogens (tertiary/aromatic N) is 1. The van der Waals surface area contributed by atoms with Gasteiger partial charge in [0.25, 0.3) is 0 Å². The zero-order valence-corrected chi connectivity index (χ0v) is 16.0. The highest BCUT2D eigenvalue weighted by Gasteiger charge is 3.08. The monoisotopic (exact) mass is 410 g/mol. The summed E-state index contributed by atoms with van der Waals surface area (Å²) in [5, 5.41) is 11.3. The predicted molar refractivity (Wildman–Crippen MR) is 92.2 cm³/mol. The van der Waals surface area contributed by atoms with E-state index in [0.29, 0.717) is 28.3 Å². The zero-order chi connectivity index (χ0) is 20.0. The van der Waals surface area contributed by atoms with E-state index in [1.807, 2.05) is 0 Å². The van der Waals surface area contributed by atoms with E-state index in [1.165, 1.54) is 13.2 Å². The molecule has 1 aromatic carbocycles. The molecule has 5 atom stereocenters. The van der Waals surface area contributed by atoms with Crippen molar-refractivity contribution in [2.45, 2.75) is 61.5 Å². The van der Waals surface area contributed by atoms with Crippen molar-refractivity contribution in [3.05, 3.63) is 23.8 Å². The molecule has 156 valence electrons. The summed E-state index contributed by atoms with van der Waals surface area (Å²) >= 11 is 0. The first kappa shape index (κ1) is 17.2. The van der Waals surface area contributed by atoms with Crippen LogP contribution in [0.1, 0.15) is 37.7 Å². The molecule has 5 unspecified atom stereocenters. The van der Waals surface area contributed by atoms with Crippen LogP contribution < -0.4 is 9.47 Å². The highest BCUT2D eigenvalue weighted by atomic mass is 19.4. The van der Waals surface area contributed by atoms with Crippen molar-refractivity contribution in [2.75, 3.05) is 13.9 Å². The minimum Gasteiger partial charge on any atom is -0.486 e. The maximum absolute atomic E-state index is 13.1. The van der Waals surface area contributed by atoms with E-state index < -0.39 is 11.7 Å². The van der Waals surface area contributed by atoms with E-state index in [1.54, 1.807) is 0 Å². The second-order valence-electron chi connectivity index (χ2n) is 10.2. The van der Waals surface area contributed by atoms with Crippen molar-refractivity contribution in [3.63, 3.8) is 0 Å². The lowest BCUT2D eigenvalue weighted by atomic mass is 9.64. The van der Waals surface area contributed by atoms with Gasteiger partial charge >= 0.3 is 6.18 Å². The molecular formula is C21H23F3NO4+. The maximum atomic E-state index is 13.1. The van der Waals surface area contributed by atoms with Crippen LogP contribution in [0.2, 0.25) is 0 Å². The molecule has 3 aliphatic heterocycles. The number of fused-ring (bicyclic) bond motifs is 2. The van der Waals surface area contributed by atoms with Gasteiger partial charge < -0.3 is 14.2 Å². The van der Waals surface area contributed by atoms with Gasteiger partial charge in [-0.25, -0.2) is 5.21 Å². The van der Waals surface area contributed by atoms with Gasteiger partial charge in [0.1, 0.15) is 23.2 Å². The van der Waals surface area contributed by atoms with Gasteiger partial charge in [-0.1, -0.05) is 0 Å². The molecule has 3 spiro atoms. The molecule has 1 aromatic rings. The summed E-state index contributed by atoms with van der Waals surface area (Å²) in [4.78, 5) is 0. The molecule has 8 heteroatoms. The number of piperidine rings is 2. The van der Waals surface area contributed by atoms with Crippen molar-refractivity contribution in [1.82, 2.24) is 0 Å². The topological polar surface area (TPSA) is 47.9 Å². The van der Waals surface area contributed by atoms with Gasteiger partial charge in [0.15, 0.2) is 18.3 Å². The first-order valence-corrected chi connectivity index (χ1v) is 10.3. The van der Waals surface area contributed by atoms with Crippen LogP contribution in [0.5, 0.6) is 11.5 Å². The lowest BCUT2D eigenvalue weighted by molar-refractivity contribution is -1.23. The molecule has 3 aliphatic carbocycles. The molecular weight excluding hydrogens is 387 g/mol. The molecule has 1 N–H and O–H groups in total. The Hall–Kier alpha value is -1.51. The van der Waals surface area contributed by atoms with Crippen LogP contribution in [0.25, 0.3) is 0 Å². The highest BCUT2D eigenvalue weighted by molar-refractivity contribution is 5.45. The fourth-order valence-corrected chi connectivity index (χ4v) is 7.93. The molecule has 3 saturated carbocycles. The quantitative estimate of drug-likeness (QED) is 0.594. The Morgan fingerprint density at radius 3 is 2.41 bits per heavy atom. The SMILES string of the molecule is COCOc1cc(C(F)(F)F)ccc1OC1CC12CC13CC1C1C4CC4(C2)[N+]13O. The molecule has 3 saturated heterocycles. The summed E-state index contributed by atoms with van der Waals surface area (Å²) in [6.07, 6.45) is 0.653. The molecule has 6 fully saturated rings. The van der Waals surface area contributed by atoms with Crippen LogP contribution >= 0.6 is 0 Å². The highest BCUT2D eigenvalue weighted by Crippen LogP contribution is 2.93. The van der Waals surface area contributed by atoms with Crippen LogP contribution in [-0.4, -0.2) is 47.0 Å². The number of halogens is 3. The van der Waals surface area contributed by atoms with E-state index in [2.05, 4.69) is 0 Å². The fraction of sp³-hybridized carbons (Fsp3) is 0.714. The van der Waals surface area contributed by atoms with Crippen molar-refractivity contribution >= 4 is 0 Å². The first-order chi connectivity index (χ1) is 13.7. The third-order valence-electron chi connectivity index (χ3n) is 9.12. The van der Waals surface area contributed by atoms with Crippen molar-refractivity contribution in [3.8, 4) is 11.5 Å². The fourth-order valence-electron chi connectivity index (χ4n) is 7.93. The summed E-state index contributed by atoms with van der Waals surface area (Å²) in [6.45, 7) is -0.144. The van der Waals surface area contributed by atoms with E-state index in [0.717, 1.165) is 44.2 Å². The summed E-state index contributed by atoms with van der Waals surface area (Å²) in [5.74, 6) is 1.75. The van der Waals surface area contributed by atoms with Crippen LogP contribution in [0.15, 0.2) is 18.2 Å². The molecule has 29 heavy (non-hydrogen) atoms. The summed E-state index contributed by atoms with van der Waals surface area (Å²) in [5.41, 5.74) is -0.593. The van der Waals surface area contributed by atoms with Crippen molar-refractivity contribution in [2.24, 2.45) is 17.3 Å². The number of methoxy groups -OCH3 is 1. The molecule has 3 heterocycles. The predicted octanol–water partition coefficient (Wildman–Crippen LogP) is 3.74. The first-order valence-electron chi connectivity index (χ1n) is 10.3. The lowest BCUT2D eigenvalue weighted by Gasteiger charge is -2.67. The largest absolute Gasteiger partial charge is 0.486 e. The third-order valence-corrected chi connectivity index (χ3v) is 9.12. The molecule has 0 bridgehead atoms. The van der Waals surface area contributed by atoms with E-state index in [-0.39, 0.29) is 35.1 Å². The molecule has 0 radical (unpaired) electrons. The average molecular weight is 410 g/mol. The number of hydrogen-bond donors (Lipinski definition) is 1. The summed E-state index contributed by atoms with van der Waals surface area (Å²) in [7, 11) is 1.42. The van der Waals surface area contributed by atoms with Gasteiger partial charge in [0.05, 0.1) is 17.4 Å². The Balaban J connectivity index is 1.15. The van der Waals surface area contributed by atoms with Gasteiger partial charge in [0, 0.05) is 38.2 Å². The van der Waals surface area contributed by atoms with E-state index in [9.17, 15) is 18.4 Å². The minimum absolute atomic E-state index is 0.0243. The Morgan fingerprint density at radius 2 is 1.79 bits per heavy atom. The Morgan fingerprint density at radius 1 is 1.10 bits per heavy atom. The minimum atomic E-state index is -4.44. The second kappa shape index (κ2) is 4.55. The number of quaternary nitrogens is 1. The number of hydrogen-bond acceptors (Lipinski definition) is 4. The number of benzene rings is 1. The smallest absolute Gasteiger partial charge is 0.416 e. The Kier molecular flexibility index (Phi) is 2.70. The van der Waals surface area contributed by atoms with E-state index in [4.69, 9.17) is 14.2 Å².